The topological polar surface area (TPSA) is 36.1 Å². The van der Waals surface area contributed by atoms with Crippen molar-refractivity contribution < 1.29 is 4.39 Å². The van der Waals surface area contributed by atoms with E-state index >= 15 is 0 Å². The Morgan fingerprint density at radius 1 is 1.21 bits per heavy atom. The molecular formula is C14H13FN2OS. The van der Waals surface area contributed by atoms with Crippen molar-refractivity contribution in [1.29, 1.82) is 0 Å². The highest BCUT2D eigenvalue weighted by atomic mass is 32.1. The lowest BCUT2D eigenvalue weighted by Gasteiger charge is -2.05. The fourth-order valence-corrected chi connectivity index (χ4v) is 3.42. The minimum absolute atomic E-state index is 0.236. The number of rotatable bonds is 2. The maximum Gasteiger partial charge on any atom is 0.257 e. The summed E-state index contributed by atoms with van der Waals surface area (Å²) in [5, 5.41) is 2.19. The molecule has 98 valence electrons. The highest BCUT2D eigenvalue weighted by molar-refractivity contribution is 7.18. The minimum atomic E-state index is -0.388. The fraction of sp³-hybridized carbons (Fsp3) is 0.214. The first-order valence-corrected chi connectivity index (χ1v) is 6.75. The summed E-state index contributed by atoms with van der Waals surface area (Å²) in [5.74, 6) is -0.388. The maximum absolute atomic E-state index is 13.2. The molecule has 0 spiro atoms. The van der Waals surface area contributed by atoms with Crippen LogP contribution in [0.25, 0.3) is 21.0 Å². The van der Waals surface area contributed by atoms with Gasteiger partial charge >= 0.3 is 0 Å². The van der Waals surface area contributed by atoms with Gasteiger partial charge in [-0.2, -0.15) is 0 Å². The van der Waals surface area contributed by atoms with Crippen LogP contribution >= 0.6 is 11.3 Å². The number of aromatic amines is 1. The van der Waals surface area contributed by atoms with E-state index in [0.29, 0.717) is 5.39 Å². The van der Waals surface area contributed by atoms with E-state index in [0.717, 1.165) is 22.1 Å². The van der Waals surface area contributed by atoms with Gasteiger partial charge in [0.25, 0.3) is 5.56 Å². The number of benzene rings is 1. The number of halogens is 1. The number of hydrogen-bond donors (Lipinski definition) is 1. The molecule has 0 radical (unpaired) electrons. The van der Waals surface area contributed by atoms with E-state index in [9.17, 15) is 9.18 Å². The number of H-pyrrole nitrogens is 1. The minimum Gasteiger partial charge on any atom is -0.313 e. The molecule has 0 amide bonds. The van der Waals surface area contributed by atoms with Gasteiger partial charge in [-0.1, -0.05) is 6.07 Å². The number of nitrogens with zero attached hydrogens (tertiary/aromatic N) is 1. The molecule has 3 aromatic rings. The third kappa shape index (κ3) is 2.15. The first-order valence-electron chi connectivity index (χ1n) is 5.93. The summed E-state index contributed by atoms with van der Waals surface area (Å²) in [6.45, 7) is 0.823. The van der Waals surface area contributed by atoms with E-state index in [1.54, 1.807) is 17.4 Å². The second kappa shape index (κ2) is 4.43. The highest BCUT2D eigenvalue weighted by Crippen LogP contribution is 2.29. The van der Waals surface area contributed by atoms with Crippen LogP contribution in [0.5, 0.6) is 0 Å². The normalized spacial score (nSPS) is 11.8. The molecule has 0 unspecified atom stereocenters. The van der Waals surface area contributed by atoms with Gasteiger partial charge in [-0.25, -0.2) is 4.39 Å². The predicted molar refractivity (Wildman–Crippen MR) is 77.3 cm³/mol. The third-order valence-electron chi connectivity index (χ3n) is 3.00. The van der Waals surface area contributed by atoms with Crippen molar-refractivity contribution in [2.75, 3.05) is 14.1 Å². The Morgan fingerprint density at radius 2 is 2.00 bits per heavy atom. The van der Waals surface area contributed by atoms with Gasteiger partial charge in [0.2, 0.25) is 0 Å². The van der Waals surface area contributed by atoms with Crippen LogP contribution in [0, 0.1) is 5.82 Å². The van der Waals surface area contributed by atoms with Crippen LogP contribution in [-0.2, 0) is 6.54 Å². The molecule has 0 aliphatic heterocycles. The van der Waals surface area contributed by atoms with E-state index in [1.165, 1.54) is 17.0 Å². The van der Waals surface area contributed by atoms with Crippen molar-refractivity contribution in [2.45, 2.75) is 6.54 Å². The molecule has 0 saturated heterocycles. The second-order valence-electron chi connectivity index (χ2n) is 4.84. The van der Waals surface area contributed by atoms with Crippen molar-refractivity contribution in [3.63, 3.8) is 0 Å². The van der Waals surface area contributed by atoms with Crippen molar-refractivity contribution >= 4 is 32.3 Å². The Balaban J connectivity index is 2.33. The van der Waals surface area contributed by atoms with E-state index in [2.05, 4.69) is 16.0 Å². The number of nitrogens with one attached hydrogen (secondary N) is 1. The molecule has 2 aromatic heterocycles. The Bertz CT molecular complexity index is 819. The molecule has 0 atom stereocenters. The summed E-state index contributed by atoms with van der Waals surface area (Å²) < 4.78 is 13.2. The van der Waals surface area contributed by atoms with E-state index in [-0.39, 0.29) is 11.4 Å². The van der Waals surface area contributed by atoms with Gasteiger partial charge in [0.1, 0.15) is 10.6 Å². The summed E-state index contributed by atoms with van der Waals surface area (Å²) in [6, 6.07) is 6.42. The standard InChI is InChI=1S/C14H13FN2OS/c1-17(2)7-9-6-12-10-4-3-8(15)5-11(10)13(18)16-14(12)19-9/h3-6H,7H2,1-2H3,(H,16,18). The lowest BCUT2D eigenvalue weighted by molar-refractivity contribution is 0.406. The molecule has 0 saturated carbocycles. The Morgan fingerprint density at radius 3 is 2.74 bits per heavy atom. The summed E-state index contributed by atoms with van der Waals surface area (Å²) in [5.41, 5.74) is -0.236. The van der Waals surface area contributed by atoms with Crippen LogP contribution in [0.4, 0.5) is 4.39 Å². The average Bonchev–Trinajstić information content (AvgIpc) is 2.70. The van der Waals surface area contributed by atoms with E-state index in [1.807, 2.05) is 14.1 Å². The van der Waals surface area contributed by atoms with Crippen LogP contribution < -0.4 is 5.56 Å². The molecule has 3 rings (SSSR count). The number of pyridine rings is 1. The van der Waals surface area contributed by atoms with Gasteiger partial charge in [0.05, 0.1) is 5.39 Å². The van der Waals surface area contributed by atoms with Gasteiger partial charge in [-0.05, 0) is 37.7 Å². The smallest absolute Gasteiger partial charge is 0.257 e. The zero-order valence-electron chi connectivity index (χ0n) is 10.7. The van der Waals surface area contributed by atoms with Gasteiger partial charge in [-0.15, -0.1) is 11.3 Å². The first-order chi connectivity index (χ1) is 9.04. The lowest BCUT2D eigenvalue weighted by atomic mass is 10.1. The molecule has 2 heterocycles. The molecule has 3 nitrogen and oxygen atoms in total. The van der Waals surface area contributed by atoms with E-state index < -0.39 is 0 Å². The molecule has 19 heavy (non-hydrogen) atoms. The van der Waals surface area contributed by atoms with Crippen molar-refractivity contribution in [2.24, 2.45) is 0 Å². The fourth-order valence-electron chi connectivity index (χ4n) is 2.23. The highest BCUT2D eigenvalue weighted by Gasteiger charge is 2.10. The zero-order valence-corrected chi connectivity index (χ0v) is 11.5. The van der Waals surface area contributed by atoms with Crippen LogP contribution in [-0.4, -0.2) is 24.0 Å². The molecular weight excluding hydrogens is 263 g/mol. The predicted octanol–water partition coefficient (Wildman–Crippen LogP) is 2.94. The van der Waals surface area contributed by atoms with Gasteiger partial charge < -0.3 is 9.88 Å². The first kappa shape index (κ1) is 12.3. The summed E-state index contributed by atoms with van der Waals surface area (Å²) in [4.78, 5) is 18.9. The Kier molecular flexibility index (Phi) is 2.88. The quantitative estimate of drug-likeness (QED) is 0.781. The van der Waals surface area contributed by atoms with E-state index in [4.69, 9.17) is 0 Å². The molecule has 5 heteroatoms. The van der Waals surface area contributed by atoms with Gasteiger partial charge in [-0.3, -0.25) is 4.79 Å². The van der Waals surface area contributed by atoms with Gasteiger partial charge in [0.15, 0.2) is 0 Å². The number of aromatic nitrogens is 1. The molecule has 0 aliphatic rings. The molecule has 0 fully saturated rings. The zero-order chi connectivity index (χ0) is 13.6. The van der Waals surface area contributed by atoms with Crippen molar-refractivity contribution in [3.8, 4) is 0 Å². The monoisotopic (exact) mass is 276 g/mol. The maximum atomic E-state index is 13.2. The number of fused-ring (bicyclic) bond motifs is 3. The number of thiophene rings is 1. The van der Waals surface area contributed by atoms with Crippen LogP contribution in [0.15, 0.2) is 29.1 Å². The average molecular weight is 276 g/mol. The largest absolute Gasteiger partial charge is 0.313 e. The molecule has 1 N–H and O–H groups in total. The van der Waals surface area contributed by atoms with Crippen molar-refractivity contribution in [1.82, 2.24) is 9.88 Å². The molecule has 1 aromatic carbocycles. The van der Waals surface area contributed by atoms with Gasteiger partial charge in [0, 0.05) is 16.8 Å². The Labute approximate surface area is 113 Å². The summed E-state index contributed by atoms with van der Waals surface area (Å²) in [7, 11) is 4.00. The molecule has 0 bridgehead atoms. The summed E-state index contributed by atoms with van der Waals surface area (Å²) >= 11 is 1.57. The second-order valence-corrected chi connectivity index (χ2v) is 5.97. The van der Waals surface area contributed by atoms with Crippen LogP contribution in [0.3, 0.4) is 0 Å². The van der Waals surface area contributed by atoms with Crippen molar-refractivity contribution in [3.05, 3.63) is 45.3 Å². The van der Waals surface area contributed by atoms with Crippen LogP contribution in [0.1, 0.15) is 4.88 Å². The lowest BCUT2D eigenvalue weighted by Crippen LogP contribution is -2.09. The van der Waals surface area contributed by atoms with Crippen LogP contribution in [0.2, 0.25) is 0 Å². The molecule has 0 aliphatic carbocycles. The Hall–Kier alpha value is -1.72. The SMILES string of the molecule is CN(C)Cc1cc2c([nH]c(=O)c3cc(F)ccc32)s1. The third-order valence-corrected chi connectivity index (χ3v) is 4.03. The summed E-state index contributed by atoms with van der Waals surface area (Å²) in [6.07, 6.45) is 0. The number of hydrogen-bond acceptors (Lipinski definition) is 3.